The first-order valence-corrected chi connectivity index (χ1v) is 9.29. The van der Waals surface area contributed by atoms with E-state index in [1.165, 1.54) is 5.56 Å². The minimum atomic E-state index is -0.418. The molecule has 3 aliphatic heterocycles. The maximum absolute atomic E-state index is 12.8. The van der Waals surface area contributed by atoms with Gasteiger partial charge in [-0.25, -0.2) is 0 Å². The van der Waals surface area contributed by atoms with Gasteiger partial charge in [0.05, 0.1) is 14.2 Å². The number of carbonyl (C=O) groups excluding carboxylic acids is 1. The Morgan fingerprint density at radius 3 is 2.64 bits per heavy atom. The fourth-order valence-electron chi connectivity index (χ4n) is 4.47. The van der Waals surface area contributed by atoms with Crippen LogP contribution in [0.5, 0.6) is 23.0 Å². The topological polar surface area (TPSA) is 57.2 Å². The number of benzene rings is 2. The molecule has 0 N–H and O–H groups in total. The number of ether oxygens (including phenoxy) is 4. The molecule has 1 unspecified atom stereocenters. The first-order chi connectivity index (χ1) is 13.6. The molecule has 0 bridgehead atoms. The number of nitrogens with zero attached hydrogens (tertiary/aromatic N) is 1. The summed E-state index contributed by atoms with van der Waals surface area (Å²) >= 11 is 0. The number of hydrogen-bond donors (Lipinski definition) is 0. The minimum absolute atomic E-state index is 0.0718. The Labute approximate surface area is 163 Å². The molecule has 0 amide bonds. The van der Waals surface area contributed by atoms with Crippen LogP contribution in [0.25, 0.3) is 11.8 Å². The third-order valence-electron chi connectivity index (χ3n) is 5.69. The van der Waals surface area contributed by atoms with Crippen molar-refractivity contribution in [2.75, 3.05) is 27.6 Å². The van der Waals surface area contributed by atoms with E-state index in [9.17, 15) is 4.79 Å². The Morgan fingerprint density at radius 2 is 1.93 bits per heavy atom. The zero-order chi connectivity index (χ0) is 19.4. The summed E-state index contributed by atoms with van der Waals surface area (Å²) < 4.78 is 22.2. The minimum Gasteiger partial charge on any atom is -0.493 e. The van der Waals surface area contributed by atoms with Crippen molar-refractivity contribution in [3.63, 3.8) is 0 Å². The highest BCUT2D eigenvalue weighted by Crippen LogP contribution is 2.49. The number of rotatable bonds is 3. The molecule has 0 radical (unpaired) electrons. The summed E-state index contributed by atoms with van der Waals surface area (Å²) in [4.78, 5) is 14.9. The van der Waals surface area contributed by atoms with Gasteiger partial charge in [0.15, 0.2) is 28.8 Å². The predicted molar refractivity (Wildman–Crippen MR) is 104 cm³/mol. The molecule has 5 rings (SSSR count). The van der Waals surface area contributed by atoms with Gasteiger partial charge < -0.3 is 23.8 Å². The highest BCUT2D eigenvalue weighted by Gasteiger charge is 2.38. The third-order valence-corrected chi connectivity index (χ3v) is 5.69. The molecule has 3 aliphatic rings. The van der Waals surface area contributed by atoms with Gasteiger partial charge in [-0.05, 0) is 48.7 Å². The molecule has 0 aromatic heterocycles. The summed E-state index contributed by atoms with van der Waals surface area (Å²) in [5, 5.41) is 0. The normalized spacial score (nSPS) is 18.6. The van der Waals surface area contributed by atoms with E-state index in [-0.39, 0.29) is 12.6 Å². The van der Waals surface area contributed by atoms with E-state index in [0.29, 0.717) is 11.5 Å². The van der Waals surface area contributed by atoms with Gasteiger partial charge >= 0.3 is 0 Å². The van der Waals surface area contributed by atoms with Gasteiger partial charge in [-0.1, -0.05) is 6.07 Å². The molecule has 6 heteroatoms. The molecule has 0 saturated heterocycles. The van der Waals surface area contributed by atoms with Crippen molar-refractivity contribution in [2.45, 2.75) is 19.4 Å². The fraction of sp³-hybridized carbons (Fsp3) is 0.318. The molecule has 0 fully saturated rings. The molecule has 2 aromatic rings. The van der Waals surface area contributed by atoms with Crippen LogP contribution >= 0.6 is 0 Å². The monoisotopic (exact) mass is 379 g/mol. The fourth-order valence-corrected chi connectivity index (χ4v) is 4.47. The van der Waals surface area contributed by atoms with E-state index in [1.807, 2.05) is 18.2 Å². The first-order valence-electron chi connectivity index (χ1n) is 9.29. The van der Waals surface area contributed by atoms with E-state index in [4.69, 9.17) is 18.9 Å². The van der Waals surface area contributed by atoms with Crippen LogP contribution in [0.3, 0.4) is 0 Å². The van der Waals surface area contributed by atoms with Gasteiger partial charge in [-0.3, -0.25) is 4.79 Å². The van der Waals surface area contributed by atoms with Crippen LogP contribution in [0.15, 0.2) is 24.3 Å². The number of Topliss-reactive ketones (excluding diaryl/α,β-unsaturated/α-hetero) is 1. The van der Waals surface area contributed by atoms with Crippen molar-refractivity contribution >= 4 is 17.6 Å². The summed E-state index contributed by atoms with van der Waals surface area (Å²) in [7, 11) is 3.22. The Morgan fingerprint density at radius 1 is 1.14 bits per heavy atom. The average Bonchev–Trinajstić information content (AvgIpc) is 3.16. The van der Waals surface area contributed by atoms with Gasteiger partial charge in [-0.2, -0.15) is 0 Å². The van der Waals surface area contributed by atoms with Gasteiger partial charge in [0.2, 0.25) is 6.79 Å². The smallest absolute Gasteiger partial charge is 0.231 e. The van der Waals surface area contributed by atoms with Crippen LogP contribution in [0.1, 0.15) is 35.2 Å². The highest BCUT2D eigenvalue weighted by atomic mass is 16.7. The molecule has 2 aromatic carbocycles. The second-order valence-electron chi connectivity index (χ2n) is 7.15. The Hall–Kier alpha value is -3.15. The van der Waals surface area contributed by atoms with E-state index >= 15 is 0 Å². The number of methoxy groups -OCH3 is 2. The zero-order valence-electron chi connectivity index (χ0n) is 16.1. The van der Waals surface area contributed by atoms with Crippen LogP contribution in [-0.4, -0.2) is 38.2 Å². The third kappa shape index (κ3) is 2.30. The van der Waals surface area contributed by atoms with Crippen molar-refractivity contribution in [1.82, 2.24) is 4.90 Å². The Balaban J connectivity index is 1.74. The lowest BCUT2D eigenvalue weighted by molar-refractivity contribution is -0.121. The van der Waals surface area contributed by atoms with E-state index in [0.717, 1.165) is 46.9 Å². The highest BCUT2D eigenvalue weighted by molar-refractivity contribution is 5.95. The van der Waals surface area contributed by atoms with Crippen LogP contribution < -0.4 is 18.9 Å². The lowest BCUT2D eigenvalue weighted by Gasteiger charge is -2.42. The maximum Gasteiger partial charge on any atom is 0.231 e. The summed E-state index contributed by atoms with van der Waals surface area (Å²) in [6, 6.07) is 7.53. The second kappa shape index (κ2) is 6.19. The molecule has 3 heterocycles. The van der Waals surface area contributed by atoms with E-state index in [2.05, 4.69) is 17.0 Å². The zero-order valence-corrected chi connectivity index (χ0v) is 16.1. The number of ketones is 1. The maximum atomic E-state index is 12.8. The summed E-state index contributed by atoms with van der Waals surface area (Å²) in [6.45, 7) is 2.62. The van der Waals surface area contributed by atoms with Gasteiger partial charge in [-0.15, -0.1) is 0 Å². The van der Waals surface area contributed by atoms with Crippen molar-refractivity contribution in [1.29, 1.82) is 0 Å². The number of fused-ring (bicyclic) bond motifs is 5. The molecule has 0 spiro atoms. The van der Waals surface area contributed by atoms with Crippen LogP contribution in [0.2, 0.25) is 0 Å². The average molecular weight is 379 g/mol. The largest absolute Gasteiger partial charge is 0.493 e. The van der Waals surface area contributed by atoms with Crippen LogP contribution in [0.4, 0.5) is 0 Å². The number of carbonyl (C=O) groups is 1. The predicted octanol–water partition coefficient (Wildman–Crippen LogP) is 3.43. The van der Waals surface area contributed by atoms with Crippen molar-refractivity contribution < 1.29 is 23.7 Å². The SMILES string of the molecule is COc1ccc2c(c1OC)C(C(C)=O)N1CCc3cc4c(cc3C1=C2)OCO4. The summed E-state index contributed by atoms with van der Waals surface area (Å²) in [5.41, 5.74) is 5.15. The first kappa shape index (κ1) is 17.0. The molecule has 6 nitrogen and oxygen atoms in total. The lowest BCUT2D eigenvalue weighted by atomic mass is 9.84. The Kier molecular flexibility index (Phi) is 3.75. The summed E-state index contributed by atoms with van der Waals surface area (Å²) in [5.74, 6) is 2.86. The van der Waals surface area contributed by atoms with Crippen LogP contribution in [0, 0.1) is 0 Å². The summed E-state index contributed by atoms with van der Waals surface area (Å²) in [6.07, 6.45) is 2.95. The number of hydrogen-bond acceptors (Lipinski definition) is 6. The molecule has 0 saturated carbocycles. The Bertz CT molecular complexity index is 1030. The molecule has 1 atom stereocenters. The second-order valence-corrected chi connectivity index (χ2v) is 7.15. The quantitative estimate of drug-likeness (QED) is 0.814. The van der Waals surface area contributed by atoms with E-state index in [1.54, 1.807) is 21.1 Å². The molecule has 144 valence electrons. The van der Waals surface area contributed by atoms with Gasteiger partial charge in [0.25, 0.3) is 0 Å². The van der Waals surface area contributed by atoms with Crippen molar-refractivity contribution in [3.05, 3.63) is 46.5 Å². The van der Waals surface area contributed by atoms with Crippen molar-refractivity contribution in [2.24, 2.45) is 0 Å². The molecular formula is C22H21NO5. The van der Waals surface area contributed by atoms with Gasteiger partial charge in [0.1, 0.15) is 6.04 Å². The lowest BCUT2D eigenvalue weighted by Crippen LogP contribution is -2.38. The van der Waals surface area contributed by atoms with E-state index < -0.39 is 6.04 Å². The molecule has 0 aliphatic carbocycles. The standard InChI is InChI=1S/C22H21NO5/c1-12(24)21-20-14(4-5-17(25-2)22(20)26-3)8-16-15-10-19-18(27-11-28-19)9-13(15)6-7-23(16)21/h4-5,8-10,21H,6-7,11H2,1-3H3. The molecular weight excluding hydrogens is 358 g/mol. The van der Waals surface area contributed by atoms with Gasteiger partial charge in [0, 0.05) is 23.4 Å². The van der Waals surface area contributed by atoms with Crippen LogP contribution in [-0.2, 0) is 11.2 Å². The molecule has 28 heavy (non-hydrogen) atoms. The van der Waals surface area contributed by atoms with Crippen molar-refractivity contribution in [3.8, 4) is 23.0 Å².